The van der Waals surface area contributed by atoms with E-state index in [1.54, 1.807) is 24.3 Å². The van der Waals surface area contributed by atoms with Gasteiger partial charge in [0.25, 0.3) is 0 Å². The first-order chi connectivity index (χ1) is 13.4. The van der Waals surface area contributed by atoms with E-state index < -0.39 is 26.9 Å². The van der Waals surface area contributed by atoms with E-state index in [-0.39, 0.29) is 11.4 Å². The van der Waals surface area contributed by atoms with Crippen molar-refractivity contribution in [2.24, 2.45) is 0 Å². The molecule has 0 saturated heterocycles. The summed E-state index contributed by atoms with van der Waals surface area (Å²) in [4.78, 5) is 27.8. The fourth-order valence-electron chi connectivity index (χ4n) is 2.49. The Morgan fingerprint density at radius 3 is 2.36 bits per heavy atom. The van der Waals surface area contributed by atoms with E-state index in [4.69, 9.17) is 4.74 Å². The molecule has 1 atom stereocenters. The molecule has 0 bridgehead atoms. The Hall–Kier alpha value is -2.94. The van der Waals surface area contributed by atoms with Gasteiger partial charge in [-0.3, -0.25) is 14.6 Å². The van der Waals surface area contributed by atoms with Crippen molar-refractivity contribution in [3.8, 4) is 5.75 Å². The summed E-state index contributed by atoms with van der Waals surface area (Å²) in [6.45, 7) is 1.96. The molecule has 1 aromatic carbocycles. The Bertz CT molecular complexity index is 899. The van der Waals surface area contributed by atoms with Crippen LogP contribution in [0.5, 0.6) is 5.75 Å². The maximum atomic E-state index is 13.2. The van der Waals surface area contributed by atoms with Gasteiger partial charge in [0.05, 0.1) is 12.0 Å². The fourth-order valence-corrected chi connectivity index (χ4v) is 4.13. The highest BCUT2D eigenvalue weighted by molar-refractivity contribution is 7.91. The van der Waals surface area contributed by atoms with E-state index in [9.17, 15) is 18.0 Å². The van der Waals surface area contributed by atoms with Crippen LogP contribution in [-0.2, 0) is 19.4 Å². The van der Waals surface area contributed by atoms with Gasteiger partial charge in [-0.05, 0) is 42.3 Å². The molecule has 0 aliphatic rings. The number of aromatic nitrogens is 1. The zero-order valence-electron chi connectivity index (χ0n) is 15.7. The molecule has 2 rings (SSSR count). The van der Waals surface area contributed by atoms with Crippen molar-refractivity contribution in [1.82, 2.24) is 15.6 Å². The standard InChI is InChI=1S/C19H23N3O5S/c1-3-10-21-18(23)19(24)22-13-17(14-5-4-11-20-12-14)28(25,26)16-8-6-15(27-2)7-9-16/h4-9,11-12,17H,3,10,13H2,1-2H3,(H,21,23)(H,22,24)/t17-/m1/s1. The van der Waals surface area contributed by atoms with Gasteiger partial charge in [0.2, 0.25) is 0 Å². The molecule has 150 valence electrons. The SMILES string of the molecule is CCCNC(=O)C(=O)NC[C@H](c1cccnc1)S(=O)(=O)c1ccc(OC)cc1. The second kappa shape index (κ2) is 9.84. The van der Waals surface area contributed by atoms with Gasteiger partial charge in [-0.2, -0.15) is 0 Å². The molecule has 8 nitrogen and oxygen atoms in total. The number of carbonyl (C=O) groups is 2. The number of hydrogen-bond acceptors (Lipinski definition) is 6. The molecule has 0 unspecified atom stereocenters. The van der Waals surface area contributed by atoms with Crippen LogP contribution in [0.1, 0.15) is 24.2 Å². The number of methoxy groups -OCH3 is 1. The van der Waals surface area contributed by atoms with E-state index >= 15 is 0 Å². The molecule has 0 aliphatic heterocycles. The highest BCUT2D eigenvalue weighted by atomic mass is 32.2. The summed E-state index contributed by atoms with van der Waals surface area (Å²) in [7, 11) is -2.37. The van der Waals surface area contributed by atoms with Crippen molar-refractivity contribution in [2.45, 2.75) is 23.5 Å². The molecule has 2 N–H and O–H groups in total. The van der Waals surface area contributed by atoms with Crippen molar-refractivity contribution in [1.29, 1.82) is 0 Å². The fraction of sp³-hybridized carbons (Fsp3) is 0.316. The van der Waals surface area contributed by atoms with Crippen LogP contribution < -0.4 is 15.4 Å². The smallest absolute Gasteiger partial charge is 0.309 e. The average Bonchev–Trinajstić information content (AvgIpc) is 2.72. The minimum absolute atomic E-state index is 0.0758. The zero-order chi connectivity index (χ0) is 20.6. The third kappa shape index (κ3) is 5.29. The number of nitrogens with one attached hydrogen (secondary N) is 2. The molecule has 0 aliphatic carbocycles. The summed E-state index contributed by atoms with van der Waals surface area (Å²) in [6.07, 6.45) is 3.63. The zero-order valence-corrected chi connectivity index (χ0v) is 16.5. The van der Waals surface area contributed by atoms with Gasteiger partial charge >= 0.3 is 11.8 Å². The Morgan fingerprint density at radius 1 is 1.11 bits per heavy atom. The predicted octanol–water partition coefficient (Wildman–Crippen LogP) is 1.25. The summed E-state index contributed by atoms with van der Waals surface area (Å²) >= 11 is 0. The van der Waals surface area contributed by atoms with E-state index in [1.807, 2.05) is 6.92 Å². The average molecular weight is 405 g/mol. The lowest BCUT2D eigenvalue weighted by Gasteiger charge is -2.19. The number of sulfone groups is 1. The van der Waals surface area contributed by atoms with Crippen LogP contribution in [0, 0.1) is 0 Å². The predicted molar refractivity (Wildman–Crippen MR) is 103 cm³/mol. The maximum absolute atomic E-state index is 13.2. The summed E-state index contributed by atoms with van der Waals surface area (Å²) in [5, 5.41) is 3.76. The normalized spacial score (nSPS) is 12.1. The number of rotatable bonds is 8. The Kier molecular flexibility index (Phi) is 7.51. The number of benzene rings is 1. The maximum Gasteiger partial charge on any atom is 0.309 e. The van der Waals surface area contributed by atoms with Crippen molar-refractivity contribution in [3.05, 3.63) is 54.4 Å². The van der Waals surface area contributed by atoms with Crippen LogP contribution in [0.4, 0.5) is 0 Å². The number of hydrogen-bond donors (Lipinski definition) is 2. The number of carbonyl (C=O) groups excluding carboxylic acids is 2. The van der Waals surface area contributed by atoms with Crippen molar-refractivity contribution in [3.63, 3.8) is 0 Å². The number of ether oxygens (including phenoxy) is 1. The van der Waals surface area contributed by atoms with Crippen LogP contribution in [-0.4, -0.2) is 45.4 Å². The number of pyridine rings is 1. The van der Waals surface area contributed by atoms with Gasteiger partial charge in [0.15, 0.2) is 9.84 Å². The van der Waals surface area contributed by atoms with Gasteiger partial charge in [0, 0.05) is 25.5 Å². The van der Waals surface area contributed by atoms with Gasteiger partial charge in [-0.15, -0.1) is 0 Å². The van der Waals surface area contributed by atoms with Crippen molar-refractivity contribution in [2.75, 3.05) is 20.2 Å². The molecule has 2 aromatic rings. The molecule has 1 aromatic heterocycles. The number of nitrogens with zero attached hydrogens (tertiary/aromatic N) is 1. The second-order valence-corrected chi connectivity index (χ2v) is 8.09. The lowest BCUT2D eigenvalue weighted by Crippen LogP contribution is -2.42. The van der Waals surface area contributed by atoms with Gasteiger partial charge in [0.1, 0.15) is 11.0 Å². The largest absolute Gasteiger partial charge is 0.497 e. The third-order valence-electron chi connectivity index (χ3n) is 4.01. The van der Waals surface area contributed by atoms with Crippen LogP contribution in [0.2, 0.25) is 0 Å². The Balaban J connectivity index is 2.27. The molecule has 2 amide bonds. The molecule has 0 saturated carbocycles. The van der Waals surface area contributed by atoms with E-state index in [2.05, 4.69) is 15.6 Å². The summed E-state index contributed by atoms with van der Waals surface area (Å²) in [5.74, 6) is -1.15. The first kappa shape index (κ1) is 21.4. The minimum Gasteiger partial charge on any atom is -0.497 e. The van der Waals surface area contributed by atoms with Crippen LogP contribution in [0.25, 0.3) is 0 Å². The molecular weight excluding hydrogens is 382 g/mol. The lowest BCUT2D eigenvalue weighted by atomic mass is 10.2. The topological polar surface area (TPSA) is 114 Å². The Morgan fingerprint density at radius 2 is 1.79 bits per heavy atom. The molecular formula is C19H23N3O5S. The first-order valence-electron chi connectivity index (χ1n) is 8.74. The summed E-state index contributed by atoms with van der Waals surface area (Å²) < 4.78 is 31.4. The van der Waals surface area contributed by atoms with Gasteiger partial charge in [-0.1, -0.05) is 13.0 Å². The molecule has 28 heavy (non-hydrogen) atoms. The molecule has 1 heterocycles. The molecule has 0 spiro atoms. The van der Waals surface area contributed by atoms with Crippen LogP contribution in [0.15, 0.2) is 53.7 Å². The minimum atomic E-state index is -3.86. The van der Waals surface area contributed by atoms with Crippen LogP contribution in [0.3, 0.4) is 0 Å². The molecule has 9 heteroatoms. The van der Waals surface area contributed by atoms with Crippen LogP contribution >= 0.6 is 0 Å². The van der Waals surface area contributed by atoms with E-state index in [0.29, 0.717) is 24.3 Å². The first-order valence-corrected chi connectivity index (χ1v) is 10.3. The second-order valence-electron chi connectivity index (χ2n) is 5.96. The Labute approximate surface area is 164 Å². The molecule has 0 radical (unpaired) electrons. The highest BCUT2D eigenvalue weighted by Gasteiger charge is 2.30. The van der Waals surface area contributed by atoms with Crippen molar-refractivity contribution >= 4 is 21.7 Å². The highest BCUT2D eigenvalue weighted by Crippen LogP contribution is 2.29. The molecule has 0 fully saturated rings. The number of amides is 2. The van der Waals surface area contributed by atoms with Gasteiger partial charge in [-0.25, -0.2) is 8.42 Å². The van der Waals surface area contributed by atoms with Crippen molar-refractivity contribution < 1.29 is 22.7 Å². The summed E-state index contributed by atoms with van der Waals surface area (Å²) in [6, 6.07) is 9.19. The monoisotopic (exact) mass is 405 g/mol. The quantitative estimate of drug-likeness (QED) is 0.639. The van der Waals surface area contributed by atoms with Gasteiger partial charge < -0.3 is 15.4 Å². The summed E-state index contributed by atoms with van der Waals surface area (Å²) in [5.41, 5.74) is 0.410. The van der Waals surface area contributed by atoms with E-state index in [0.717, 1.165) is 0 Å². The van der Waals surface area contributed by atoms with E-state index in [1.165, 1.54) is 31.6 Å². The third-order valence-corrected chi connectivity index (χ3v) is 6.13. The lowest BCUT2D eigenvalue weighted by molar-refractivity contribution is -0.139.